The molecule has 0 fully saturated rings. The predicted octanol–water partition coefficient (Wildman–Crippen LogP) is 3.35. The number of rotatable bonds is 3. The minimum absolute atomic E-state index is 0.203. The van der Waals surface area contributed by atoms with Crippen molar-refractivity contribution in [3.05, 3.63) is 78.5 Å². The highest BCUT2D eigenvalue weighted by atomic mass is 16.1. The van der Waals surface area contributed by atoms with Crippen molar-refractivity contribution in [2.45, 2.75) is 6.92 Å². The van der Waals surface area contributed by atoms with Crippen LogP contribution in [0.1, 0.15) is 16.1 Å². The molecule has 122 valence electrons. The van der Waals surface area contributed by atoms with E-state index in [-0.39, 0.29) is 5.91 Å². The van der Waals surface area contributed by atoms with E-state index < -0.39 is 0 Å². The molecule has 0 atom stereocenters. The van der Waals surface area contributed by atoms with E-state index in [0.29, 0.717) is 17.0 Å². The molecule has 25 heavy (non-hydrogen) atoms. The second kappa shape index (κ2) is 6.16. The van der Waals surface area contributed by atoms with Gasteiger partial charge in [0.15, 0.2) is 5.65 Å². The number of benzene rings is 1. The van der Waals surface area contributed by atoms with Crippen LogP contribution in [0.3, 0.4) is 0 Å². The lowest BCUT2D eigenvalue weighted by Gasteiger charge is -2.07. The number of carbonyl (C=O) groups is 1. The number of hydrogen-bond acceptors (Lipinski definition) is 4. The summed E-state index contributed by atoms with van der Waals surface area (Å²) in [5, 5.41) is 2.93. The third kappa shape index (κ3) is 2.85. The molecule has 4 aromatic rings. The zero-order valence-electron chi connectivity index (χ0n) is 13.5. The van der Waals surface area contributed by atoms with Gasteiger partial charge < -0.3 is 5.32 Å². The number of imidazole rings is 1. The molecule has 0 spiro atoms. The maximum Gasteiger partial charge on any atom is 0.256 e. The molecule has 0 saturated carbocycles. The molecule has 0 aliphatic carbocycles. The van der Waals surface area contributed by atoms with E-state index in [1.165, 1.54) is 0 Å². The fourth-order valence-corrected chi connectivity index (χ4v) is 2.66. The fraction of sp³-hybridized carbons (Fsp3) is 0.0526. The number of pyridine rings is 1. The molecule has 0 unspecified atom stereocenters. The maximum absolute atomic E-state index is 12.5. The Bertz CT molecular complexity index is 1040. The molecule has 1 N–H and O–H groups in total. The molecule has 0 radical (unpaired) electrons. The van der Waals surface area contributed by atoms with Gasteiger partial charge in [0.2, 0.25) is 0 Å². The standard InChI is InChI=1S/C19H15N5O/c1-13-18(23-19(25)15-7-9-20-10-8-15)24-12-16(21-11-17(24)22-13)14-5-3-2-4-6-14/h2-12H,1H3,(H,23,25). The minimum Gasteiger partial charge on any atom is -0.306 e. The quantitative estimate of drug-likeness (QED) is 0.625. The second-order valence-corrected chi connectivity index (χ2v) is 5.60. The van der Waals surface area contributed by atoms with Gasteiger partial charge in [-0.1, -0.05) is 30.3 Å². The first-order valence-electron chi connectivity index (χ1n) is 7.84. The largest absolute Gasteiger partial charge is 0.306 e. The summed E-state index contributed by atoms with van der Waals surface area (Å²) in [5.74, 6) is 0.432. The van der Waals surface area contributed by atoms with Crippen LogP contribution in [0.15, 0.2) is 67.3 Å². The van der Waals surface area contributed by atoms with E-state index in [9.17, 15) is 4.79 Å². The number of fused-ring (bicyclic) bond motifs is 1. The molecule has 0 aliphatic rings. The van der Waals surface area contributed by atoms with Gasteiger partial charge in [-0.25, -0.2) is 4.98 Å². The maximum atomic E-state index is 12.5. The number of carbonyl (C=O) groups excluding carboxylic acids is 1. The molecule has 3 aromatic heterocycles. The summed E-state index contributed by atoms with van der Waals surface area (Å²) in [4.78, 5) is 25.3. The van der Waals surface area contributed by atoms with Crippen LogP contribution in [-0.2, 0) is 0 Å². The highest BCUT2D eigenvalue weighted by molar-refractivity contribution is 6.04. The van der Waals surface area contributed by atoms with Crippen LogP contribution in [0, 0.1) is 6.92 Å². The van der Waals surface area contributed by atoms with Crippen LogP contribution in [0.25, 0.3) is 16.9 Å². The van der Waals surface area contributed by atoms with Crippen LogP contribution in [0.2, 0.25) is 0 Å². The van der Waals surface area contributed by atoms with E-state index in [4.69, 9.17) is 0 Å². The lowest BCUT2D eigenvalue weighted by atomic mass is 10.2. The van der Waals surface area contributed by atoms with Gasteiger partial charge in [-0.3, -0.25) is 19.2 Å². The van der Waals surface area contributed by atoms with Crippen LogP contribution in [0.5, 0.6) is 0 Å². The number of aryl methyl sites for hydroxylation is 1. The van der Waals surface area contributed by atoms with Crippen molar-refractivity contribution in [2.75, 3.05) is 5.32 Å². The van der Waals surface area contributed by atoms with Gasteiger partial charge in [0.1, 0.15) is 5.82 Å². The number of anilines is 1. The smallest absolute Gasteiger partial charge is 0.256 e. The zero-order chi connectivity index (χ0) is 17.2. The third-order valence-electron chi connectivity index (χ3n) is 3.93. The van der Waals surface area contributed by atoms with Crippen molar-refractivity contribution in [2.24, 2.45) is 0 Å². The lowest BCUT2D eigenvalue weighted by Crippen LogP contribution is -2.14. The number of aromatic nitrogens is 4. The van der Waals surface area contributed by atoms with Crippen molar-refractivity contribution >= 4 is 17.4 Å². The number of nitrogens with zero attached hydrogens (tertiary/aromatic N) is 4. The summed E-state index contributed by atoms with van der Waals surface area (Å²) in [5.41, 5.74) is 3.77. The van der Waals surface area contributed by atoms with Gasteiger partial charge in [-0.05, 0) is 19.1 Å². The minimum atomic E-state index is -0.203. The first kappa shape index (κ1) is 15.0. The van der Waals surface area contributed by atoms with Crippen molar-refractivity contribution in [1.29, 1.82) is 0 Å². The first-order valence-corrected chi connectivity index (χ1v) is 7.84. The topological polar surface area (TPSA) is 72.2 Å². The van der Waals surface area contributed by atoms with Crippen LogP contribution >= 0.6 is 0 Å². The van der Waals surface area contributed by atoms with Gasteiger partial charge in [0.05, 0.1) is 17.6 Å². The average molecular weight is 329 g/mol. The highest BCUT2D eigenvalue weighted by Gasteiger charge is 2.14. The summed E-state index contributed by atoms with van der Waals surface area (Å²) in [7, 11) is 0. The monoisotopic (exact) mass is 329 g/mol. The molecule has 0 saturated heterocycles. The Morgan fingerprint density at radius 1 is 1.08 bits per heavy atom. The molecule has 1 aromatic carbocycles. The highest BCUT2D eigenvalue weighted by Crippen LogP contribution is 2.22. The zero-order valence-corrected chi connectivity index (χ0v) is 13.5. The van der Waals surface area contributed by atoms with Crippen molar-refractivity contribution in [1.82, 2.24) is 19.4 Å². The molecule has 6 nitrogen and oxygen atoms in total. The number of nitrogens with one attached hydrogen (secondary N) is 1. The Labute approximate surface area is 144 Å². The predicted molar refractivity (Wildman–Crippen MR) is 95.4 cm³/mol. The van der Waals surface area contributed by atoms with Gasteiger partial charge >= 0.3 is 0 Å². The Hall–Kier alpha value is -3.54. The molecule has 1 amide bonds. The summed E-state index contributed by atoms with van der Waals surface area (Å²) in [6.45, 7) is 1.86. The van der Waals surface area contributed by atoms with E-state index in [2.05, 4.69) is 20.3 Å². The summed E-state index contributed by atoms with van der Waals surface area (Å²) in [6.07, 6.45) is 6.77. The summed E-state index contributed by atoms with van der Waals surface area (Å²) in [6, 6.07) is 13.2. The van der Waals surface area contributed by atoms with E-state index >= 15 is 0 Å². The molecular weight excluding hydrogens is 314 g/mol. The van der Waals surface area contributed by atoms with Crippen molar-refractivity contribution in [3.8, 4) is 11.3 Å². The molecule has 0 aliphatic heterocycles. The van der Waals surface area contributed by atoms with Crippen molar-refractivity contribution < 1.29 is 4.79 Å². The second-order valence-electron chi connectivity index (χ2n) is 5.60. The van der Waals surface area contributed by atoms with Crippen LogP contribution in [-0.4, -0.2) is 25.3 Å². The third-order valence-corrected chi connectivity index (χ3v) is 3.93. The number of hydrogen-bond donors (Lipinski definition) is 1. The van der Waals surface area contributed by atoms with Gasteiger partial charge in [-0.15, -0.1) is 0 Å². The first-order chi connectivity index (χ1) is 12.2. The van der Waals surface area contributed by atoms with Gasteiger partial charge in [0.25, 0.3) is 5.91 Å². The molecule has 4 rings (SSSR count). The van der Waals surface area contributed by atoms with Crippen molar-refractivity contribution in [3.63, 3.8) is 0 Å². The molecular formula is C19H15N5O. The van der Waals surface area contributed by atoms with E-state index in [0.717, 1.165) is 17.0 Å². The number of amides is 1. The van der Waals surface area contributed by atoms with Gasteiger partial charge in [-0.2, -0.15) is 0 Å². The normalized spacial score (nSPS) is 10.8. The summed E-state index contributed by atoms with van der Waals surface area (Å²) >= 11 is 0. The van der Waals surface area contributed by atoms with E-state index in [1.807, 2.05) is 47.9 Å². The Morgan fingerprint density at radius 2 is 1.84 bits per heavy atom. The fourth-order valence-electron chi connectivity index (χ4n) is 2.66. The lowest BCUT2D eigenvalue weighted by molar-refractivity contribution is 0.102. The Balaban J connectivity index is 1.76. The summed E-state index contributed by atoms with van der Waals surface area (Å²) < 4.78 is 1.85. The van der Waals surface area contributed by atoms with Crippen LogP contribution in [0.4, 0.5) is 5.82 Å². The van der Waals surface area contributed by atoms with E-state index in [1.54, 1.807) is 30.7 Å². The average Bonchev–Trinajstić information content (AvgIpc) is 2.98. The Morgan fingerprint density at radius 3 is 2.60 bits per heavy atom. The molecule has 0 bridgehead atoms. The Kier molecular flexibility index (Phi) is 3.70. The molecule has 3 heterocycles. The van der Waals surface area contributed by atoms with Gasteiger partial charge in [0, 0.05) is 29.7 Å². The van der Waals surface area contributed by atoms with Crippen LogP contribution < -0.4 is 5.32 Å². The SMILES string of the molecule is Cc1nc2cnc(-c3ccccc3)cn2c1NC(=O)c1ccncc1. The molecule has 6 heteroatoms.